The Morgan fingerprint density at radius 1 is 1.11 bits per heavy atom. The molecule has 0 radical (unpaired) electrons. The number of hydrogen-bond acceptors (Lipinski definition) is 2. The van der Waals surface area contributed by atoms with Gasteiger partial charge in [0, 0.05) is 15.8 Å². The Balaban J connectivity index is 2.32. The predicted octanol–water partition coefficient (Wildman–Crippen LogP) is 4.26. The lowest BCUT2D eigenvalue weighted by atomic mass is 10.1. The SMILES string of the molecule is CNC(C)c1cc(F)ccc1Sc1ccccc1. The molecule has 0 heterocycles. The fourth-order valence-electron chi connectivity index (χ4n) is 1.72. The normalized spacial score (nSPS) is 12.4. The van der Waals surface area contributed by atoms with Crippen molar-refractivity contribution in [3.8, 4) is 0 Å². The summed E-state index contributed by atoms with van der Waals surface area (Å²) in [5.41, 5.74) is 0.992. The van der Waals surface area contributed by atoms with Crippen LogP contribution in [0.25, 0.3) is 0 Å². The van der Waals surface area contributed by atoms with Gasteiger partial charge in [-0.15, -0.1) is 0 Å². The zero-order valence-corrected chi connectivity index (χ0v) is 11.3. The fourth-order valence-corrected chi connectivity index (χ4v) is 2.76. The minimum atomic E-state index is -0.190. The number of benzene rings is 2. The summed E-state index contributed by atoms with van der Waals surface area (Å²) in [6, 6.07) is 15.2. The molecule has 2 aromatic rings. The Labute approximate surface area is 111 Å². The summed E-state index contributed by atoms with van der Waals surface area (Å²) in [7, 11) is 1.88. The Morgan fingerprint density at radius 3 is 2.50 bits per heavy atom. The first-order chi connectivity index (χ1) is 8.70. The average Bonchev–Trinajstić information content (AvgIpc) is 2.41. The Bertz CT molecular complexity index is 513. The van der Waals surface area contributed by atoms with Gasteiger partial charge in [-0.2, -0.15) is 0 Å². The van der Waals surface area contributed by atoms with Crippen LogP contribution >= 0.6 is 11.8 Å². The van der Waals surface area contributed by atoms with Crippen LogP contribution < -0.4 is 5.32 Å². The number of halogens is 1. The van der Waals surface area contributed by atoms with E-state index in [1.807, 2.05) is 38.2 Å². The highest BCUT2D eigenvalue weighted by Gasteiger charge is 2.11. The van der Waals surface area contributed by atoms with E-state index < -0.39 is 0 Å². The van der Waals surface area contributed by atoms with Crippen molar-refractivity contribution in [3.63, 3.8) is 0 Å². The van der Waals surface area contributed by atoms with Gasteiger partial charge in [0.2, 0.25) is 0 Å². The maximum Gasteiger partial charge on any atom is 0.123 e. The van der Waals surface area contributed by atoms with Crippen molar-refractivity contribution in [2.75, 3.05) is 7.05 Å². The Morgan fingerprint density at radius 2 is 1.83 bits per heavy atom. The fraction of sp³-hybridized carbons (Fsp3) is 0.200. The van der Waals surface area contributed by atoms with Crippen molar-refractivity contribution in [1.29, 1.82) is 0 Å². The van der Waals surface area contributed by atoms with Gasteiger partial charge in [0.1, 0.15) is 5.82 Å². The largest absolute Gasteiger partial charge is 0.313 e. The first kappa shape index (κ1) is 13.1. The van der Waals surface area contributed by atoms with Gasteiger partial charge >= 0.3 is 0 Å². The molecule has 2 rings (SSSR count). The van der Waals surface area contributed by atoms with Crippen LogP contribution in [-0.2, 0) is 0 Å². The van der Waals surface area contributed by atoms with E-state index in [2.05, 4.69) is 17.4 Å². The third-order valence-corrected chi connectivity index (χ3v) is 3.94. The van der Waals surface area contributed by atoms with Crippen molar-refractivity contribution in [2.45, 2.75) is 22.8 Å². The van der Waals surface area contributed by atoms with Crippen LogP contribution in [-0.4, -0.2) is 7.05 Å². The van der Waals surface area contributed by atoms with E-state index in [-0.39, 0.29) is 11.9 Å². The second-order valence-corrected chi connectivity index (χ2v) is 5.22. The molecule has 0 saturated carbocycles. The van der Waals surface area contributed by atoms with Crippen molar-refractivity contribution in [3.05, 3.63) is 59.9 Å². The first-order valence-electron chi connectivity index (χ1n) is 5.90. The van der Waals surface area contributed by atoms with Gasteiger partial charge in [0.15, 0.2) is 0 Å². The Kier molecular flexibility index (Phi) is 4.39. The van der Waals surface area contributed by atoms with Crippen LogP contribution in [0, 0.1) is 5.82 Å². The number of rotatable bonds is 4. The van der Waals surface area contributed by atoms with E-state index in [1.54, 1.807) is 17.8 Å². The van der Waals surface area contributed by atoms with Gasteiger partial charge in [-0.25, -0.2) is 4.39 Å². The van der Waals surface area contributed by atoms with Crippen LogP contribution in [0.15, 0.2) is 58.3 Å². The lowest BCUT2D eigenvalue weighted by Crippen LogP contribution is -2.13. The second kappa shape index (κ2) is 6.03. The summed E-state index contributed by atoms with van der Waals surface area (Å²) >= 11 is 1.66. The molecule has 0 saturated heterocycles. The highest BCUT2D eigenvalue weighted by molar-refractivity contribution is 7.99. The smallest absolute Gasteiger partial charge is 0.123 e. The molecule has 0 aliphatic heterocycles. The second-order valence-electron chi connectivity index (χ2n) is 4.11. The summed E-state index contributed by atoms with van der Waals surface area (Å²) < 4.78 is 13.3. The highest BCUT2D eigenvalue weighted by atomic mass is 32.2. The van der Waals surface area contributed by atoms with E-state index in [0.717, 1.165) is 15.4 Å². The van der Waals surface area contributed by atoms with E-state index in [9.17, 15) is 4.39 Å². The quantitative estimate of drug-likeness (QED) is 0.882. The predicted molar refractivity (Wildman–Crippen MR) is 74.4 cm³/mol. The van der Waals surface area contributed by atoms with E-state index in [0.29, 0.717) is 0 Å². The zero-order chi connectivity index (χ0) is 13.0. The molecule has 1 atom stereocenters. The van der Waals surface area contributed by atoms with Gasteiger partial charge < -0.3 is 5.32 Å². The molecule has 0 bridgehead atoms. The lowest BCUT2D eigenvalue weighted by Gasteiger charge is -2.15. The average molecular weight is 261 g/mol. The van der Waals surface area contributed by atoms with Crippen LogP contribution in [0.3, 0.4) is 0 Å². The van der Waals surface area contributed by atoms with Crippen molar-refractivity contribution in [1.82, 2.24) is 5.32 Å². The molecule has 2 aromatic carbocycles. The molecule has 0 spiro atoms. The van der Waals surface area contributed by atoms with E-state index in [1.165, 1.54) is 6.07 Å². The minimum absolute atomic E-state index is 0.131. The molecule has 0 aliphatic rings. The standard InChI is InChI=1S/C15H16FNS/c1-11(17-2)14-10-12(16)8-9-15(14)18-13-6-4-3-5-7-13/h3-11,17H,1-2H3. The topological polar surface area (TPSA) is 12.0 Å². The summed E-state index contributed by atoms with van der Waals surface area (Å²) in [5.74, 6) is -0.190. The molecule has 1 nitrogen and oxygen atoms in total. The van der Waals surface area contributed by atoms with Crippen molar-refractivity contribution < 1.29 is 4.39 Å². The molecule has 0 aliphatic carbocycles. The summed E-state index contributed by atoms with van der Waals surface area (Å²) in [6.07, 6.45) is 0. The third-order valence-electron chi connectivity index (χ3n) is 2.84. The molecule has 0 amide bonds. The minimum Gasteiger partial charge on any atom is -0.313 e. The molecule has 0 aromatic heterocycles. The molecule has 18 heavy (non-hydrogen) atoms. The summed E-state index contributed by atoms with van der Waals surface area (Å²) in [5, 5.41) is 3.15. The monoisotopic (exact) mass is 261 g/mol. The molecular weight excluding hydrogens is 245 g/mol. The first-order valence-corrected chi connectivity index (χ1v) is 6.72. The molecule has 3 heteroatoms. The van der Waals surface area contributed by atoms with Gasteiger partial charge in [-0.3, -0.25) is 0 Å². The maximum atomic E-state index is 13.3. The van der Waals surface area contributed by atoms with E-state index in [4.69, 9.17) is 0 Å². The van der Waals surface area contributed by atoms with Crippen LogP contribution in [0.5, 0.6) is 0 Å². The Hall–Kier alpha value is -1.32. The summed E-state index contributed by atoms with van der Waals surface area (Å²) in [4.78, 5) is 2.25. The van der Waals surface area contributed by atoms with Gasteiger partial charge in [0.05, 0.1) is 0 Å². The molecule has 1 unspecified atom stereocenters. The molecule has 0 fully saturated rings. The molecular formula is C15H16FNS. The van der Waals surface area contributed by atoms with Crippen LogP contribution in [0.4, 0.5) is 4.39 Å². The van der Waals surface area contributed by atoms with Gasteiger partial charge in [-0.05, 0) is 49.9 Å². The van der Waals surface area contributed by atoms with Crippen molar-refractivity contribution >= 4 is 11.8 Å². The van der Waals surface area contributed by atoms with Crippen LogP contribution in [0.1, 0.15) is 18.5 Å². The van der Waals surface area contributed by atoms with Crippen molar-refractivity contribution in [2.24, 2.45) is 0 Å². The number of nitrogens with one attached hydrogen (secondary N) is 1. The van der Waals surface area contributed by atoms with Gasteiger partial charge in [0.25, 0.3) is 0 Å². The van der Waals surface area contributed by atoms with Crippen LogP contribution in [0.2, 0.25) is 0 Å². The number of hydrogen-bond donors (Lipinski definition) is 1. The lowest BCUT2D eigenvalue weighted by molar-refractivity contribution is 0.601. The molecule has 94 valence electrons. The van der Waals surface area contributed by atoms with Gasteiger partial charge in [-0.1, -0.05) is 30.0 Å². The summed E-state index contributed by atoms with van der Waals surface area (Å²) in [6.45, 7) is 2.03. The third kappa shape index (κ3) is 3.12. The zero-order valence-electron chi connectivity index (χ0n) is 10.5. The van der Waals surface area contributed by atoms with E-state index >= 15 is 0 Å². The highest BCUT2D eigenvalue weighted by Crippen LogP contribution is 2.33. The maximum absolute atomic E-state index is 13.3. The molecule has 1 N–H and O–H groups in total.